The molecule has 136 valence electrons. The van der Waals surface area contributed by atoms with Crippen molar-refractivity contribution < 1.29 is 9.53 Å². The molecule has 1 aliphatic rings. The van der Waals surface area contributed by atoms with Crippen LogP contribution in [0.15, 0.2) is 0 Å². The number of ether oxygens (including phenoxy) is 1. The number of hydrogen-bond acceptors (Lipinski definition) is 4. The Labute approximate surface area is 142 Å². The van der Waals surface area contributed by atoms with Crippen LogP contribution in [0, 0.1) is 5.92 Å². The molecule has 0 spiro atoms. The lowest BCUT2D eigenvalue weighted by atomic mass is 9.92. The minimum absolute atomic E-state index is 0.156. The number of carbonyl (C=O) groups is 1. The van der Waals surface area contributed by atoms with Gasteiger partial charge in [-0.25, -0.2) is 4.79 Å². The molecule has 2 unspecified atom stereocenters. The number of piperidine rings is 1. The van der Waals surface area contributed by atoms with Gasteiger partial charge in [-0.2, -0.15) is 0 Å². The van der Waals surface area contributed by atoms with Gasteiger partial charge in [0.2, 0.25) is 0 Å². The van der Waals surface area contributed by atoms with E-state index in [1.165, 1.54) is 6.42 Å². The summed E-state index contributed by atoms with van der Waals surface area (Å²) in [5, 5.41) is 7.08. The fourth-order valence-electron chi connectivity index (χ4n) is 2.81. The lowest BCUT2D eigenvalue weighted by Crippen LogP contribution is -2.49. The maximum atomic E-state index is 12.2. The van der Waals surface area contributed by atoms with Gasteiger partial charge >= 0.3 is 6.09 Å². The van der Waals surface area contributed by atoms with Crippen molar-refractivity contribution in [2.45, 2.75) is 78.5 Å². The second-order valence-corrected chi connectivity index (χ2v) is 8.75. The van der Waals surface area contributed by atoms with Crippen molar-refractivity contribution in [3.63, 3.8) is 0 Å². The molecule has 0 bridgehead atoms. The molecule has 0 radical (unpaired) electrons. The number of rotatable bonds is 5. The van der Waals surface area contributed by atoms with Gasteiger partial charge in [0, 0.05) is 37.8 Å². The van der Waals surface area contributed by atoms with Crippen molar-refractivity contribution in [3.05, 3.63) is 0 Å². The van der Waals surface area contributed by atoms with Crippen LogP contribution in [0.4, 0.5) is 4.79 Å². The van der Waals surface area contributed by atoms with E-state index in [0.717, 1.165) is 32.6 Å². The molecule has 5 nitrogen and oxygen atoms in total. The van der Waals surface area contributed by atoms with E-state index in [-0.39, 0.29) is 11.6 Å². The van der Waals surface area contributed by atoms with Crippen molar-refractivity contribution in [2.75, 3.05) is 26.2 Å². The third kappa shape index (κ3) is 8.56. The standard InChI is InChI=1S/C18H37N3O2/c1-14(19-10-11-20-17(2,3)4)15-9-8-12-21(13-15)16(22)23-18(5,6)7/h14-15,19-20H,8-13H2,1-7H3. The predicted molar refractivity (Wildman–Crippen MR) is 95.8 cm³/mol. The summed E-state index contributed by atoms with van der Waals surface area (Å²) in [5.41, 5.74) is -0.268. The van der Waals surface area contributed by atoms with E-state index in [1.807, 2.05) is 25.7 Å². The molecule has 2 atom stereocenters. The summed E-state index contributed by atoms with van der Waals surface area (Å²) in [5.74, 6) is 0.492. The van der Waals surface area contributed by atoms with E-state index in [4.69, 9.17) is 4.74 Å². The van der Waals surface area contributed by atoms with Crippen LogP contribution in [0.2, 0.25) is 0 Å². The smallest absolute Gasteiger partial charge is 0.410 e. The first kappa shape index (κ1) is 20.2. The van der Waals surface area contributed by atoms with Crippen molar-refractivity contribution in [1.82, 2.24) is 15.5 Å². The summed E-state index contributed by atoms with van der Waals surface area (Å²) in [6.07, 6.45) is 2.04. The van der Waals surface area contributed by atoms with E-state index in [1.54, 1.807) is 0 Å². The third-order valence-corrected chi connectivity index (χ3v) is 4.06. The Hall–Kier alpha value is -0.810. The average Bonchev–Trinajstić information content (AvgIpc) is 2.40. The first-order valence-electron chi connectivity index (χ1n) is 8.94. The van der Waals surface area contributed by atoms with Crippen LogP contribution in [-0.2, 0) is 4.74 Å². The molecule has 5 heteroatoms. The monoisotopic (exact) mass is 327 g/mol. The highest BCUT2D eigenvalue weighted by atomic mass is 16.6. The second-order valence-electron chi connectivity index (χ2n) is 8.75. The Morgan fingerprint density at radius 1 is 1.22 bits per heavy atom. The number of likely N-dealkylation sites (tertiary alicyclic amines) is 1. The highest BCUT2D eigenvalue weighted by Gasteiger charge is 2.29. The minimum Gasteiger partial charge on any atom is -0.444 e. The molecule has 1 amide bonds. The molecule has 23 heavy (non-hydrogen) atoms. The summed E-state index contributed by atoms with van der Waals surface area (Å²) < 4.78 is 5.50. The zero-order valence-corrected chi connectivity index (χ0v) is 16.2. The van der Waals surface area contributed by atoms with Gasteiger partial charge in [0.05, 0.1) is 0 Å². The maximum Gasteiger partial charge on any atom is 0.410 e. The Morgan fingerprint density at radius 3 is 2.43 bits per heavy atom. The van der Waals surface area contributed by atoms with Gasteiger partial charge in [0.1, 0.15) is 5.60 Å². The molecule has 1 saturated heterocycles. The Balaban J connectivity index is 2.37. The number of amides is 1. The zero-order chi connectivity index (χ0) is 17.7. The summed E-state index contributed by atoms with van der Waals surface area (Å²) in [6, 6.07) is 0.405. The quantitative estimate of drug-likeness (QED) is 0.762. The van der Waals surface area contributed by atoms with Crippen LogP contribution < -0.4 is 10.6 Å². The Kier molecular flexibility index (Phi) is 7.33. The SMILES string of the molecule is CC(NCCNC(C)(C)C)C1CCCN(C(=O)OC(C)(C)C)C1. The maximum absolute atomic E-state index is 12.2. The van der Waals surface area contributed by atoms with Gasteiger partial charge in [0.25, 0.3) is 0 Å². The first-order chi connectivity index (χ1) is 10.5. The van der Waals surface area contributed by atoms with Crippen molar-refractivity contribution in [2.24, 2.45) is 5.92 Å². The zero-order valence-electron chi connectivity index (χ0n) is 16.2. The first-order valence-corrected chi connectivity index (χ1v) is 8.94. The van der Waals surface area contributed by atoms with E-state index in [0.29, 0.717) is 12.0 Å². The lowest BCUT2D eigenvalue weighted by molar-refractivity contribution is 0.0148. The number of carbonyl (C=O) groups excluding carboxylic acids is 1. The van der Waals surface area contributed by atoms with Crippen LogP contribution >= 0.6 is 0 Å². The summed E-state index contributed by atoms with van der Waals surface area (Å²) in [6.45, 7) is 18.0. The molecule has 0 aromatic carbocycles. The molecule has 0 aromatic rings. The number of nitrogens with zero attached hydrogens (tertiary/aromatic N) is 1. The van der Waals surface area contributed by atoms with Crippen molar-refractivity contribution in [1.29, 1.82) is 0 Å². The number of nitrogens with one attached hydrogen (secondary N) is 2. The summed E-state index contributed by atoms with van der Waals surface area (Å²) in [7, 11) is 0. The van der Waals surface area contributed by atoms with Crippen LogP contribution in [-0.4, -0.2) is 54.4 Å². The largest absolute Gasteiger partial charge is 0.444 e. The molecule has 1 fully saturated rings. The van der Waals surface area contributed by atoms with E-state index < -0.39 is 5.60 Å². The van der Waals surface area contributed by atoms with Gasteiger partial charge in [-0.3, -0.25) is 0 Å². The molecule has 0 saturated carbocycles. The molecule has 1 aliphatic heterocycles. The molecular weight excluding hydrogens is 290 g/mol. The molecule has 0 aliphatic carbocycles. The predicted octanol–water partition coefficient (Wildman–Crippen LogP) is 3.00. The van der Waals surface area contributed by atoms with Gasteiger partial charge in [-0.05, 0) is 67.2 Å². The average molecular weight is 328 g/mol. The lowest BCUT2D eigenvalue weighted by Gasteiger charge is -2.37. The van der Waals surface area contributed by atoms with E-state index >= 15 is 0 Å². The van der Waals surface area contributed by atoms with E-state index in [2.05, 4.69) is 38.3 Å². The molecular formula is C18H37N3O2. The van der Waals surface area contributed by atoms with Crippen LogP contribution in [0.1, 0.15) is 61.3 Å². The fourth-order valence-corrected chi connectivity index (χ4v) is 2.81. The Morgan fingerprint density at radius 2 is 1.87 bits per heavy atom. The summed E-state index contributed by atoms with van der Waals surface area (Å²) >= 11 is 0. The Bertz CT molecular complexity index is 371. The minimum atomic E-state index is -0.424. The second kappa shape index (κ2) is 8.34. The normalized spacial score (nSPS) is 21.2. The van der Waals surface area contributed by atoms with Crippen LogP contribution in [0.5, 0.6) is 0 Å². The molecule has 1 rings (SSSR count). The van der Waals surface area contributed by atoms with E-state index in [9.17, 15) is 4.79 Å². The molecule has 2 N–H and O–H groups in total. The molecule has 1 heterocycles. The van der Waals surface area contributed by atoms with Gasteiger partial charge in [0.15, 0.2) is 0 Å². The highest BCUT2D eigenvalue weighted by Crippen LogP contribution is 2.21. The highest BCUT2D eigenvalue weighted by molar-refractivity contribution is 5.68. The summed E-state index contributed by atoms with van der Waals surface area (Å²) in [4.78, 5) is 14.1. The van der Waals surface area contributed by atoms with Crippen LogP contribution in [0.3, 0.4) is 0 Å². The van der Waals surface area contributed by atoms with Gasteiger partial charge < -0.3 is 20.3 Å². The number of hydrogen-bond donors (Lipinski definition) is 2. The fraction of sp³-hybridized carbons (Fsp3) is 0.944. The molecule has 0 aromatic heterocycles. The van der Waals surface area contributed by atoms with Gasteiger partial charge in [-0.1, -0.05) is 0 Å². The third-order valence-electron chi connectivity index (χ3n) is 4.06. The van der Waals surface area contributed by atoms with Crippen LogP contribution in [0.25, 0.3) is 0 Å². The van der Waals surface area contributed by atoms with Crippen molar-refractivity contribution in [3.8, 4) is 0 Å². The topological polar surface area (TPSA) is 53.6 Å². The van der Waals surface area contributed by atoms with Gasteiger partial charge in [-0.15, -0.1) is 0 Å². The van der Waals surface area contributed by atoms with Crippen molar-refractivity contribution >= 4 is 6.09 Å².